The van der Waals surface area contributed by atoms with Gasteiger partial charge in [0, 0.05) is 11.4 Å². The molecule has 1 saturated carbocycles. The lowest BCUT2D eigenvalue weighted by molar-refractivity contribution is 0.149. The Bertz CT molecular complexity index is 599. The van der Waals surface area contributed by atoms with Gasteiger partial charge in [0.2, 0.25) is 0 Å². The fourth-order valence-electron chi connectivity index (χ4n) is 2.80. The third-order valence-electron chi connectivity index (χ3n) is 4.00. The number of rotatable bonds is 4. The van der Waals surface area contributed by atoms with Gasteiger partial charge in [-0.2, -0.15) is 0 Å². The summed E-state index contributed by atoms with van der Waals surface area (Å²) >= 11 is 6.04. The second kappa shape index (κ2) is 5.55. The molecule has 0 aliphatic heterocycles. The van der Waals surface area contributed by atoms with E-state index in [1.165, 1.54) is 17.7 Å². The molecule has 3 heteroatoms. The number of benzene rings is 2. The quantitative estimate of drug-likeness (QED) is 0.895. The van der Waals surface area contributed by atoms with Crippen molar-refractivity contribution < 1.29 is 9.50 Å². The van der Waals surface area contributed by atoms with Gasteiger partial charge in [0.25, 0.3) is 0 Å². The van der Waals surface area contributed by atoms with Crippen molar-refractivity contribution in [1.82, 2.24) is 0 Å². The molecule has 1 aliphatic rings. The van der Waals surface area contributed by atoms with E-state index in [0.29, 0.717) is 22.9 Å². The molecule has 104 valence electrons. The molecule has 0 spiro atoms. The highest BCUT2D eigenvalue weighted by molar-refractivity contribution is 6.31. The fraction of sp³-hybridized carbons (Fsp3) is 0.294. The van der Waals surface area contributed by atoms with Crippen LogP contribution in [0.2, 0.25) is 5.02 Å². The molecule has 0 aromatic heterocycles. The Morgan fingerprint density at radius 2 is 1.95 bits per heavy atom. The van der Waals surface area contributed by atoms with Gasteiger partial charge >= 0.3 is 0 Å². The van der Waals surface area contributed by atoms with Gasteiger partial charge in [-0.1, -0.05) is 41.9 Å². The van der Waals surface area contributed by atoms with Crippen LogP contribution in [0.25, 0.3) is 0 Å². The molecular weight excluding hydrogens is 275 g/mol. The van der Waals surface area contributed by atoms with E-state index >= 15 is 0 Å². The summed E-state index contributed by atoms with van der Waals surface area (Å²) in [6.45, 7) is 0. The van der Waals surface area contributed by atoms with Gasteiger partial charge in [-0.05, 0) is 47.6 Å². The largest absolute Gasteiger partial charge is 0.392 e. The van der Waals surface area contributed by atoms with E-state index in [9.17, 15) is 9.50 Å². The van der Waals surface area contributed by atoms with E-state index in [1.54, 1.807) is 6.07 Å². The minimum Gasteiger partial charge on any atom is -0.392 e. The third kappa shape index (κ3) is 2.87. The van der Waals surface area contributed by atoms with Crippen LogP contribution in [0.1, 0.15) is 23.5 Å². The molecule has 0 bridgehead atoms. The third-order valence-corrected chi connectivity index (χ3v) is 4.37. The fourth-order valence-corrected chi connectivity index (χ4v) is 2.99. The monoisotopic (exact) mass is 290 g/mol. The van der Waals surface area contributed by atoms with Crippen molar-refractivity contribution in [3.8, 4) is 0 Å². The summed E-state index contributed by atoms with van der Waals surface area (Å²) in [6.07, 6.45) is 0.919. The Hall–Kier alpha value is -1.38. The summed E-state index contributed by atoms with van der Waals surface area (Å²) in [5, 5.41) is 10.8. The van der Waals surface area contributed by atoms with Crippen molar-refractivity contribution in [3.05, 3.63) is 70.5 Å². The van der Waals surface area contributed by atoms with Crippen molar-refractivity contribution in [3.63, 3.8) is 0 Å². The lowest BCUT2D eigenvalue weighted by Crippen LogP contribution is -2.14. The summed E-state index contributed by atoms with van der Waals surface area (Å²) in [6, 6.07) is 14.5. The summed E-state index contributed by atoms with van der Waals surface area (Å²) in [5.74, 6) is 0.349. The first-order valence-corrected chi connectivity index (χ1v) is 7.20. The van der Waals surface area contributed by atoms with Gasteiger partial charge in [-0.15, -0.1) is 0 Å². The average molecular weight is 291 g/mol. The predicted octanol–water partition coefficient (Wildman–Crippen LogP) is 4.19. The molecule has 0 saturated heterocycles. The van der Waals surface area contributed by atoms with Gasteiger partial charge in [0.05, 0.1) is 6.10 Å². The van der Waals surface area contributed by atoms with Gasteiger partial charge < -0.3 is 5.11 Å². The Labute approximate surface area is 123 Å². The second-order valence-corrected chi connectivity index (χ2v) is 5.83. The Morgan fingerprint density at radius 3 is 2.70 bits per heavy atom. The van der Waals surface area contributed by atoms with Crippen LogP contribution < -0.4 is 0 Å². The molecule has 2 aromatic carbocycles. The topological polar surface area (TPSA) is 20.2 Å². The van der Waals surface area contributed by atoms with Crippen LogP contribution in [-0.2, 0) is 6.42 Å². The molecule has 1 nitrogen and oxygen atoms in total. The smallest absolute Gasteiger partial charge is 0.123 e. The number of aliphatic hydroxyl groups is 1. The molecule has 3 rings (SSSR count). The second-order valence-electron chi connectivity index (χ2n) is 5.42. The molecule has 2 aromatic rings. The van der Waals surface area contributed by atoms with Crippen LogP contribution >= 0.6 is 11.6 Å². The van der Waals surface area contributed by atoms with Crippen molar-refractivity contribution >= 4 is 11.6 Å². The first-order valence-electron chi connectivity index (χ1n) is 6.82. The van der Waals surface area contributed by atoms with Crippen LogP contribution in [0, 0.1) is 11.7 Å². The maximum atomic E-state index is 13.2. The van der Waals surface area contributed by atoms with E-state index in [1.807, 2.05) is 18.2 Å². The predicted molar refractivity (Wildman–Crippen MR) is 78.4 cm³/mol. The highest BCUT2D eigenvalue weighted by Gasteiger charge is 2.43. The van der Waals surface area contributed by atoms with Gasteiger partial charge in [-0.3, -0.25) is 0 Å². The first-order chi connectivity index (χ1) is 9.65. The highest BCUT2D eigenvalue weighted by atomic mass is 35.5. The van der Waals surface area contributed by atoms with E-state index in [-0.39, 0.29) is 11.7 Å². The van der Waals surface area contributed by atoms with Crippen molar-refractivity contribution in [2.45, 2.75) is 24.9 Å². The van der Waals surface area contributed by atoms with E-state index < -0.39 is 6.10 Å². The lowest BCUT2D eigenvalue weighted by atomic mass is 10.0. The molecule has 3 unspecified atom stereocenters. The van der Waals surface area contributed by atoms with Crippen LogP contribution in [-0.4, -0.2) is 11.2 Å². The summed E-state index contributed by atoms with van der Waals surface area (Å²) < 4.78 is 13.2. The van der Waals surface area contributed by atoms with Gasteiger partial charge in [-0.25, -0.2) is 4.39 Å². The lowest BCUT2D eigenvalue weighted by Gasteiger charge is -2.12. The maximum Gasteiger partial charge on any atom is 0.123 e. The standard InChI is InChI=1S/C17H16ClFO/c18-16-7-6-13(19)8-12(16)9-17(20)15-10-14(15)11-4-2-1-3-5-11/h1-8,14-15,17,20H,9-10H2. The highest BCUT2D eigenvalue weighted by Crippen LogP contribution is 2.50. The molecule has 0 amide bonds. The van der Waals surface area contributed by atoms with E-state index in [4.69, 9.17) is 11.6 Å². The normalized spacial score (nSPS) is 22.6. The zero-order chi connectivity index (χ0) is 14.1. The van der Waals surface area contributed by atoms with E-state index in [0.717, 1.165) is 6.42 Å². The molecule has 0 heterocycles. The zero-order valence-corrected chi connectivity index (χ0v) is 11.7. The molecule has 0 radical (unpaired) electrons. The first kappa shape index (κ1) is 13.6. The number of halogens is 2. The number of hydrogen-bond acceptors (Lipinski definition) is 1. The summed E-state index contributed by atoms with van der Waals surface area (Å²) in [5.41, 5.74) is 1.94. The van der Waals surface area contributed by atoms with E-state index in [2.05, 4.69) is 12.1 Å². The zero-order valence-electron chi connectivity index (χ0n) is 11.0. The molecule has 1 fully saturated rings. The minimum atomic E-state index is -0.473. The summed E-state index contributed by atoms with van der Waals surface area (Å²) in [7, 11) is 0. The Morgan fingerprint density at radius 1 is 1.20 bits per heavy atom. The van der Waals surface area contributed by atoms with Crippen LogP contribution in [0.4, 0.5) is 4.39 Å². The molecule has 3 atom stereocenters. The molecule has 20 heavy (non-hydrogen) atoms. The average Bonchev–Trinajstić information content (AvgIpc) is 3.24. The molecule has 1 aliphatic carbocycles. The molecule has 1 N–H and O–H groups in total. The number of aliphatic hydroxyl groups excluding tert-OH is 1. The SMILES string of the molecule is OC(Cc1cc(F)ccc1Cl)C1CC1c1ccccc1. The molecular formula is C17H16ClFO. The van der Waals surface area contributed by atoms with Gasteiger partial charge in [0.15, 0.2) is 0 Å². The van der Waals surface area contributed by atoms with Crippen LogP contribution in [0.15, 0.2) is 48.5 Å². The Kier molecular flexibility index (Phi) is 3.77. The Balaban J connectivity index is 1.67. The number of hydrogen-bond donors (Lipinski definition) is 1. The minimum absolute atomic E-state index is 0.247. The van der Waals surface area contributed by atoms with Crippen molar-refractivity contribution in [2.75, 3.05) is 0 Å². The van der Waals surface area contributed by atoms with Gasteiger partial charge in [0.1, 0.15) is 5.82 Å². The van der Waals surface area contributed by atoms with Crippen molar-refractivity contribution in [1.29, 1.82) is 0 Å². The van der Waals surface area contributed by atoms with Crippen molar-refractivity contribution in [2.24, 2.45) is 5.92 Å². The summed E-state index contributed by atoms with van der Waals surface area (Å²) in [4.78, 5) is 0. The van der Waals surface area contributed by atoms with Crippen LogP contribution in [0.3, 0.4) is 0 Å². The maximum absolute atomic E-state index is 13.2. The van der Waals surface area contributed by atoms with Crippen LogP contribution in [0.5, 0.6) is 0 Å².